The van der Waals surface area contributed by atoms with E-state index >= 15 is 0 Å². The molecule has 6 heteroatoms. The van der Waals surface area contributed by atoms with Gasteiger partial charge in [0, 0.05) is 13.1 Å². The lowest BCUT2D eigenvalue weighted by Crippen LogP contribution is -2.45. The largest absolute Gasteiger partial charge is 0.337 e. The van der Waals surface area contributed by atoms with E-state index in [0.717, 1.165) is 28.9 Å². The predicted octanol–water partition coefficient (Wildman–Crippen LogP) is 2.70. The van der Waals surface area contributed by atoms with Crippen molar-refractivity contribution in [2.24, 2.45) is 0 Å². The molecule has 0 saturated carbocycles. The van der Waals surface area contributed by atoms with Crippen LogP contribution in [-0.2, 0) is 21.5 Å². The number of fused-ring (bicyclic) bond motifs is 2. The Balaban J connectivity index is 1.29. The van der Waals surface area contributed by atoms with Crippen LogP contribution in [0.2, 0.25) is 0 Å². The minimum absolute atomic E-state index is 0.204. The molecular formula is C24H23N3O3. The van der Waals surface area contributed by atoms with Gasteiger partial charge in [-0.15, -0.1) is 0 Å². The smallest absolute Gasteiger partial charge is 0.325 e. The highest BCUT2D eigenvalue weighted by molar-refractivity contribution is 6.10. The van der Waals surface area contributed by atoms with Crippen LogP contribution in [0.25, 0.3) is 5.57 Å². The minimum atomic E-state index is -1.02. The lowest BCUT2D eigenvalue weighted by molar-refractivity contribution is -0.139. The monoisotopic (exact) mass is 401 g/mol. The van der Waals surface area contributed by atoms with Crippen molar-refractivity contribution < 1.29 is 14.4 Å². The van der Waals surface area contributed by atoms with Crippen molar-refractivity contribution in [3.8, 4) is 0 Å². The fraction of sp³-hybridized carbons (Fsp3) is 0.292. The maximum absolute atomic E-state index is 13.2. The second-order valence-corrected chi connectivity index (χ2v) is 8.07. The van der Waals surface area contributed by atoms with Gasteiger partial charge in [-0.2, -0.15) is 0 Å². The van der Waals surface area contributed by atoms with Crippen LogP contribution in [0.5, 0.6) is 0 Å². The summed E-state index contributed by atoms with van der Waals surface area (Å²) < 4.78 is 0. The molecule has 4 amide bonds. The highest BCUT2D eigenvalue weighted by atomic mass is 16.2. The number of hydrogen-bond acceptors (Lipinski definition) is 3. The molecule has 1 spiro atoms. The quantitative estimate of drug-likeness (QED) is 0.804. The fourth-order valence-electron chi connectivity index (χ4n) is 4.78. The standard InChI is InChI=1S/C24H23N3O3/c28-21(26-14-11-18(12-15-26)17-6-2-1-3-7-17)16-27-22(29)24(25-23(27)30)13-10-19-8-4-5-9-20(19)24/h1-9,11H,10,12-16H2,(H,25,30)/t24-/m1/s1. The summed E-state index contributed by atoms with van der Waals surface area (Å²) in [6.07, 6.45) is 4.09. The lowest BCUT2D eigenvalue weighted by Gasteiger charge is -2.28. The summed E-state index contributed by atoms with van der Waals surface area (Å²) in [5.74, 6) is -0.520. The highest BCUT2D eigenvalue weighted by Gasteiger charge is 2.55. The Morgan fingerprint density at radius 3 is 2.53 bits per heavy atom. The maximum atomic E-state index is 13.2. The molecule has 2 aromatic carbocycles. The summed E-state index contributed by atoms with van der Waals surface area (Å²) in [4.78, 5) is 41.5. The van der Waals surface area contributed by atoms with Crippen LogP contribution in [0, 0.1) is 0 Å². The van der Waals surface area contributed by atoms with Crippen LogP contribution in [0.1, 0.15) is 29.5 Å². The third-order valence-electron chi connectivity index (χ3n) is 6.42. The molecular weight excluding hydrogens is 378 g/mol. The van der Waals surface area contributed by atoms with Crippen molar-refractivity contribution in [2.75, 3.05) is 19.6 Å². The Bertz CT molecular complexity index is 1060. The summed E-state index contributed by atoms with van der Waals surface area (Å²) in [6.45, 7) is 0.848. The van der Waals surface area contributed by atoms with Gasteiger partial charge < -0.3 is 10.2 Å². The summed E-state index contributed by atoms with van der Waals surface area (Å²) in [6, 6.07) is 17.3. The molecule has 1 fully saturated rings. The average molecular weight is 401 g/mol. The Morgan fingerprint density at radius 1 is 1.00 bits per heavy atom. The third-order valence-corrected chi connectivity index (χ3v) is 6.42. The number of urea groups is 1. The van der Waals surface area contributed by atoms with Crippen molar-refractivity contribution in [2.45, 2.75) is 24.8 Å². The van der Waals surface area contributed by atoms with E-state index in [2.05, 4.69) is 23.5 Å². The first-order chi connectivity index (χ1) is 14.6. The summed E-state index contributed by atoms with van der Waals surface area (Å²) >= 11 is 0. The Hall–Kier alpha value is -3.41. The number of aryl methyl sites for hydroxylation is 1. The summed E-state index contributed by atoms with van der Waals surface area (Å²) in [5.41, 5.74) is 3.30. The molecule has 0 bridgehead atoms. The molecule has 5 rings (SSSR count). The number of nitrogens with one attached hydrogen (secondary N) is 1. The molecule has 1 N–H and O–H groups in total. The Kier molecular flexibility index (Phi) is 4.42. The highest BCUT2D eigenvalue weighted by Crippen LogP contribution is 2.41. The number of carbonyl (C=O) groups is 3. The van der Waals surface area contributed by atoms with Gasteiger partial charge in [0.05, 0.1) is 0 Å². The molecule has 1 aliphatic carbocycles. The molecule has 6 nitrogen and oxygen atoms in total. The van der Waals surface area contributed by atoms with Crippen molar-refractivity contribution in [1.29, 1.82) is 0 Å². The molecule has 0 unspecified atom stereocenters. The first kappa shape index (κ1) is 18.6. The molecule has 1 saturated heterocycles. The molecule has 30 heavy (non-hydrogen) atoms. The van der Waals surface area contributed by atoms with Gasteiger partial charge in [-0.05, 0) is 41.5 Å². The van der Waals surface area contributed by atoms with Crippen LogP contribution in [0.15, 0.2) is 60.7 Å². The number of imide groups is 1. The molecule has 2 heterocycles. The lowest BCUT2D eigenvalue weighted by atomic mass is 9.92. The maximum Gasteiger partial charge on any atom is 0.325 e. The molecule has 2 aliphatic heterocycles. The molecule has 3 aliphatic rings. The van der Waals surface area contributed by atoms with Gasteiger partial charge in [0.15, 0.2) is 0 Å². The van der Waals surface area contributed by atoms with Crippen LogP contribution >= 0.6 is 0 Å². The first-order valence-corrected chi connectivity index (χ1v) is 10.3. The van der Waals surface area contributed by atoms with Crippen molar-refractivity contribution in [3.63, 3.8) is 0 Å². The van der Waals surface area contributed by atoms with Crippen LogP contribution in [0.3, 0.4) is 0 Å². The van der Waals surface area contributed by atoms with Gasteiger partial charge in [-0.25, -0.2) is 4.79 Å². The van der Waals surface area contributed by atoms with Crippen LogP contribution < -0.4 is 5.32 Å². The number of hydrogen-bond donors (Lipinski definition) is 1. The third kappa shape index (κ3) is 2.91. The first-order valence-electron chi connectivity index (χ1n) is 10.3. The van der Waals surface area contributed by atoms with Crippen LogP contribution in [0.4, 0.5) is 4.79 Å². The fourth-order valence-corrected chi connectivity index (χ4v) is 4.78. The predicted molar refractivity (Wildman–Crippen MR) is 112 cm³/mol. The summed E-state index contributed by atoms with van der Waals surface area (Å²) in [5, 5.41) is 2.88. The van der Waals surface area contributed by atoms with E-state index in [0.29, 0.717) is 19.5 Å². The molecule has 0 radical (unpaired) electrons. The topological polar surface area (TPSA) is 69.7 Å². The normalized spacial score (nSPS) is 22.9. The van der Waals surface area contributed by atoms with E-state index in [-0.39, 0.29) is 18.4 Å². The number of nitrogens with zero attached hydrogens (tertiary/aromatic N) is 2. The Labute approximate surface area is 175 Å². The van der Waals surface area contributed by atoms with Crippen molar-refractivity contribution in [3.05, 3.63) is 77.4 Å². The van der Waals surface area contributed by atoms with Gasteiger partial charge in [0.25, 0.3) is 5.91 Å². The van der Waals surface area contributed by atoms with E-state index in [4.69, 9.17) is 0 Å². The second kappa shape index (κ2) is 7.13. The Morgan fingerprint density at radius 2 is 1.77 bits per heavy atom. The zero-order valence-corrected chi connectivity index (χ0v) is 16.6. The van der Waals surface area contributed by atoms with Gasteiger partial charge >= 0.3 is 6.03 Å². The number of rotatable bonds is 3. The van der Waals surface area contributed by atoms with E-state index in [1.54, 1.807) is 4.90 Å². The molecule has 2 aromatic rings. The van der Waals surface area contributed by atoms with E-state index < -0.39 is 11.6 Å². The van der Waals surface area contributed by atoms with E-state index in [1.165, 1.54) is 11.1 Å². The second-order valence-electron chi connectivity index (χ2n) is 8.07. The van der Waals surface area contributed by atoms with Gasteiger partial charge in [-0.1, -0.05) is 60.7 Å². The zero-order valence-electron chi connectivity index (χ0n) is 16.6. The van der Waals surface area contributed by atoms with Gasteiger partial charge in [0.1, 0.15) is 12.1 Å². The van der Waals surface area contributed by atoms with E-state index in [9.17, 15) is 14.4 Å². The SMILES string of the molecule is O=C(CN1C(=O)N[C@@]2(CCc3ccccc32)C1=O)N1CC=C(c2ccccc2)CC1. The van der Waals surface area contributed by atoms with Crippen molar-refractivity contribution >= 4 is 23.4 Å². The number of benzene rings is 2. The molecule has 0 aromatic heterocycles. The average Bonchev–Trinajstić information content (AvgIpc) is 3.27. The molecule has 1 atom stereocenters. The van der Waals surface area contributed by atoms with Gasteiger partial charge in [0.2, 0.25) is 5.91 Å². The zero-order chi connectivity index (χ0) is 20.7. The summed E-state index contributed by atoms with van der Waals surface area (Å²) in [7, 11) is 0. The van der Waals surface area contributed by atoms with Gasteiger partial charge in [-0.3, -0.25) is 14.5 Å². The number of carbonyl (C=O) groups excluding carboxylic acids is 3. The van der Waals surface area contributed by atoms with Crippen LogP contribution in [-0.4, -0.2) is 47.3 Å². The number of amides is 4. The molecule has 152 valence electrons. The van der Waals surface area contributed by atoms with E-state index in [1.807, 2.05) is 42.5 Å². The minimum Gasteiger partial charge on any atom is -0.337 e. The van der Waals surface area contributed by atoms with Crippen molar-refractivity contribution in [1.82, 2.24) is 15.1 Å².